The summed E-state index contributed by atoms with van der Waals surface area (Å²) in [6, 6.07) is 0. The summed E-state index contributed by atoms with van der Waals surface area (Å²) in [6.07, 6.45) is 21.9. The van der Waals surface area contributed by atoms with Crippen LogP contribution in [0.1, 0.15) is 59.3 Å². The van der Waals surface area contributed by atoms with Gasteiger partial charge in [0, 0.05) is 17.3 Å². The quantitative estimate of drug-likeness (QED) is 0.759. The van der Waals surface area contributed by atoms with Crippen molar-refractivity contribution in [1.82, 2.24) is 0 Å². The lowest BCUT2D eigenvalue weighted by atomic mass is 9.47. The van der Waals surface area contributed by atoms with E-state index < -0.39 is 16.6 Å². The molecule has 0 aliphatic heterocycles. The van der Waals surface area contributed by atoms with Crippen molar-refractivity contribution < 1.29 is 10.2 Å². The largest absolute Gasteiger partial charge is 0.384 e. The molecule has 3 aliphatic rings. The highest BCUT2D eigenvalue weighted by atomic mass is 16.3. The first-order valence-electron chi connectivity index (χ1n) is 10.1. The van der Waals surface area contributed by atoms with E-state index in [4.69, 9.17) is 0 Å². The molecule has 0 saturated heterocycles. The fraction of sp³-hybridized carbons (Fsp3) is 0.652. The van der Waals surface area contributed by atoms with Crippen molar-refractivity contribution in [2.75, 3.05) is 0 Å². The summed E-state index contributed by atoms with van der Waals surface area (Å²) in [5.41, 5.74) is -2.56. The summed E-state index contributed by atoms with van der Waals surface area (Å²) < 4.78 is 0. The van der Waals surface area contributed by atoms with Crippen molar-refractivity contribution >= 4 is 0 Å². The zero-order valence-corrected chi connectivity index (χ0v) is 16.0. The molecule has 25 heavy (non-hydrogen) atoms. The number of rotatable bonds is 4. The van der Waals surface area contributed by atoms with Gasteiger partial charge in [0.15, 0.2) is 0 Å². The maximum Gasteiger partial charge on any atom is 0.0979 e. The van der Waals surface area contributed by atoms with E-state index in [2.05, 4.69) is 32.9 Å². The van der Waals surface area contributed by atoms with Crippen molar-refractivity contribution in [2.24, 2.45) is 23.2 Å². The molecule has 138 valence electrons. The molecule has 4 unspecified atom stereocenters. The molecule has 4 atom stereocenters. The van der Waals surface area contributed by atoms with Gasteiger partial charge in [-0.2, -0.15) is 0 Å². The first-order valence-corrected chi connectivity index (χ1v) is 10.1. The third-order valence-electron chi connectivity index (χ3n) is 7.28. The first-order chi connectivity index (χ1) is 11.9. The van der Waals surface area contributed by atoms with Crippen molar-refractivity contribution in [3.05, 3.63) is 48.6 Å². The summed E-state index contributed by atoms with van der Waals surface area (Å²) in [6.45, 7) is 6.56. The van der Waals surface area contributed by atoms with Crippen LogP contribution in [-0.2, 0) is 0 Å². The zero-order valence-electron chi connectivity index (χ0n) is 16.0. The van der Waals surface area contributed by atoms with Gasteiger partial charge in [-0.3, -0.25) is 0 Å². The Morgan fingerprint density at radius 3 is 1.64 bits per heavy atom. The van der Waals surface area contributed by atoms with Crippen LogP contribution in [0.15, 0.2) is 48.6 Å². The standard InChI is InChI=1S/C23H34O2/c1-4-19-10-6-8-14-22(19,24)21(16-12-18(3)13-17-21)23(25)15-9-7-11-20(23)5-2/h6-11,14-15,18-20,24-25H,4-5,12-13,16-17H2,1-3H3. The van der Waals surface area contributed by atoms with Crippen LogP contribution < -0.4 is 0 Å². The first kappa shape index (κ1) is 18.7. The Labute approximate surface area is 153 Å². The molecule has 1 saturated carbocycles. The molecule has 0 heterocycles. The van der Waals surface area contributed by atoms with E-state index >= 15 is 0 Å². The van der Waals surface area contributed by atoms with Crippen LogP contribution >= 0.6 is 0 Å². The van der Waals surface area contributed by atoms with Crippen LogP contribution in [0, 0.1) is 23.2 Å². The molecule has 2 nitrogen and oxygen atoms in total. The fourth-order valence-electron chi connectivity index (χ4n) is 5.64. The third-order valence-corrected chi connectivity index (χ3v) is 7.28. The average molecular weight is 343 g/mol. The lowest BCUT2D eigenvalue weighted by Gasteiger charge is -2.61. The monoisotopic (exact) mass is 342 g/mol. The molecule has 0 radical (unpaired) electrons. The normalized spacial score (nSPS) is 46.5. The molecule has 2 N–H and O–H groups in total. The van der Waals surface area contributed by atoms with Gasteiger partial charge in [-0.25, -0.2) is 0 Å². The molecule has 3 rings (SSSR count). The van der Waals surface area contributed by atoms with Crippen LogP contribution in [0.4, 0.5) is 0 Å². The third kappa shape index (κ3) is 2.69. The molecule has 1 fully saturated rings. The van der Waals surface area contributed by atoms with Gasteiger partial charge in [0.2, 0.25) is 0 Å². The van der Waals surface area contributed by atoms with E-state index in [1.807, 2.05) is 36.5 Å². The SMILES string of the molecule is CCC1C=CC=CC1(O)C1(C2(O)C=CC=CC2CC)CCC(C)CC1. The number of allylic oxidation sites excluding steroid dienone is 4. The molecule has 3 aliphatic carbocycles. The van der Waals surface area contributed by atoms with Crippen molar-refractivity contribution in [3.63, 3.8) is 0 Å². The summed E-state index contributed by atoms with van der Waals surface area (Å²) in [5.74, 6) is 0.755. The molecule has 0 aromatic rings. The van der Waals surface area contributed by atoms with Crippen LogP contribution in [0.5, 0.6) is 0 Å². The Bertz CT molecular complexity index is 547. The molecule has 0 amide bonds. The lowest BCUT2D eigenvalue weighted by molar-refractivity contribution is -0.205. The fourth-order valence-corrected chi connectivity index (χ4v) is 5.64. The second kappa shape index (κ2) is 6.89. The molecule has 2 heteroatoms. The minimum atomic E-state index is -1.01. The molecule has 0 bridgehead atoms. The Balaban J connectivity index is 2.15. The van der Waals surface area contributed by atoms with Gasteiger partial charge < -0.3 is 10.2 Å². The van der Waals surface area contributed by atoms with Crippen molar-refractivity contribution in [3.8, 4) is 0 Å². The Morgan fingerprint density at radius 1 is 0.800 bits per heavy atom. The van der Waals surface area contributed by atoms with E-state index in [1.54, 1.807) is 0 Å². The summed E-state index contributed by atoms with van der Waals surface area (Å²) >= 11 is 0. The van der Waals surface area contributed by atoms with Crippen molar-refractivity contribution in [2.45, 2.75) is 70.5 Å². The highest BCUT2D eigenvalue weighted by Crippen LogP contribution is 2.60. The predicted molar refractivity (Wildman–Crippen MR) is 104 cm³/mol. The van der Waals surface area contributed by atoms with Gasteiger partial charge in [0.05, 0.1) is 11.2 Å². The predicted octanol–water partition coefficient (Wildman–Crippen LogP) is 4.95. The average Bonchev–Trinajstić information content (AvgIpc) is 2.63. The summed E-state index contributed by atoms with van der Waals surface area (Å²) in [4.78, 5) is 0. The van der Waals surface area contributed by atoms with Crippen LogP contribution in [0.2, 0.25) is 0 Å². The van der Waals surface area contributed by atoms with Gasteiger partial charge in [-0.15, -0.1) is 0 Å². The van der Waals surface area contributed by atoms with Gasteiger partial charge >= 0.3 is 0 Å². The van der Waals surface area contributed by atoms with E-state index in [0.29, 0.717) is 5.92 Å². The highest BCUT2D eigenvalue weighted by molar-refractivity contribution is 5.35. The number of hydrogen-bond donors (Lipinski definition) is 2. The summed E-state index contributed by atoms with van der Waals surface area (Å²) in [7, 11) is 0. The van der Waals surface area contributed by atoms with Gasteiger partial charge in [0.1, 0.15) is 0 Å². The van der Waals surface area contributed by atoms with Crippen molar-refractivity contribution in [1.29, 1.82) is 0 Å². The number of hydrogen-bond acceptors (Lipinski definition) is 2. The van der Waals surface area contributed by atoms with Crippen LogP contribution in [-0.4, -0.2) is 21.4 Å². The van der Waals surface area contributed by atoms with E-state index in [-0.39, 0.29) is 11.8 Å². The number of aliphatic hydroxyl groups is 2. The van der Waals surface area contributed by atoms with Gasteiger partial charge in [0.25, 0.3) is 0 Å². The minimum Gasteiger partial charge on any atom is -0.384 e. The van der Waals surface area contributed by atoms with Crippen LogP contribution in [0.3, 0.4) is 0 Å². The molecule has 0 aromatic carbocycles. The maximum atomic E-state index is 12.1. The molecule has 0 aromatic heterocycles. The molecular weight excluding hydrogens is 308 g/mol. The van der Waals surface area contributed by atoms with E-state index in [1.165, 1.54) is 0 Å². The summed E-state index contributed by atoms with van der Waals surface area (Å²) in [5, 5.41) is 24.1. The van der Waals surface area contributed by atoms with Gasteiger partial charge in [-0.05, 0) is 44.4 Å². The Hall–Kier alpha value is -1.12. The second-order valence-corrected chi connectivity index (χ2v) is 8.43. The Morgan fingerprint density at radius 2 is 1.24 bits per heavy atom. The minimum absolute atomic E-state index is 0.0479. The highest BCUT2D eigenvalue weighted by Gasteiger charge is 2.64. The maximum absolute atomic E-state index is 12.1. The molecular formula is C23H34O2. The van der Waals surface area contributed by atoms with Crippen LogP contribution in [0.25, 0.3) is 0 Å². The second-order valence-electron chi connectivity index (χ2n) is 8.43. The van der Waals surface area contributed by atoms with E-state index in [0.717, 1.165) is 38.5 Å². The Kier molecular flexibility index (Phi) is 5.14. The lowest BCUT2D eigenvalue weighted by Crippen LogP contribution is -2.66. The van der Waals surface area contributed by atoms with E-state index in [9.17, 15) is 10.2 Å². The smallest absolute Gasteiger partial charge is 0.0979 e. The zero-order chi connectivity index (χ0) is 18.1. The molecule has 0 spiro atoms. The van der Waals surface area contributed by atoms with Gasteiger partial charge in [-0.1, -0.05) is 69.4 Å². The topological polar surface area (TPSA) is 40.5 Å².